The Hall–Kier alpha value is -2.30. The molecule has 0 atom stereocenters. The van der Waals surface area contributed by atoms with Crippen molar-refractivity contribution in [2.24, 2.45) is 7.05 Å². The number of aryl methyl sites for hydroxylation is 2. The quantitative estimate of drug-likeness (QED) is 0.759. The summed E-state index contributed by atoms with van der Waals surface area (Å²) in [6, 6.07) is 7.39. The predicted octanol–water partition coefficient (Wildman–Crippen LogP) is 3.12. The summed E-state index contributed by atoms with van der Waals surface area (Å²) in [5.74, 6) is 1.65. The van der Waals surface area contributed by atoms with Crippen LogP contribution in [0, 0.1) is 6.92 Å². The number of carbonyl (C=O) groups excluding carboxylic acids is 1. The van der Waals surface area contributed by atoms with Crippen molar-refractivity contribution in [1.82, 2.24) is 9.78 Å². The number of ether oxygens (including phenoxy) is 2. The first-order chi connectivity index (χ1) is 9.67. The minimum Gasteiger partial charge on any atom is -0.490 e. The number of benzene rings is 1. The van der Waals surface area contributed by atoms with Crippen molar-refractivity contribution in [3.8, 4) is 17.4 Å². The van der Waals surface area contributed by atoms with E-state index < -0.39 is 0 Å². The van der Waals surface area contributed by atoms with Gasteiger partial charge in [-0.2, -0.15) is 5.10 Å². The molecule has 5 nitrogen and oxygen atoms in total. The largest absolute Gasteiger partial charge is 0.490 e. The summed E-state index contributed by atoms with van der Waals surface area (Å²) in [4.78, 5) is 11.1. The maximum Gasteiger partial charge on any atom is 0.228 e. The van der Waals surface area contributed by atoms with Crippen LogP contribution in [0.25, 0.3) is 0 Å². The third-order valence-corrected chi connectivity index (χ3v) is 2.85. The molecule has 1 aromatic carbocycles. The van der Waals surface area contributed by atoms with Crippen molar-refractivity contribution in [1.29, 1.82) is 0 Å². The van der Waals surface area contributed by atoms with Gasteiger partial charge in [0.05, 0.1) is 17.9 Å². The van der Waals surface area contributed by atoms with Gasteiger partial charge in [0.15, 0.2) is 17.8 Å². The molecule has 0 saturated carbocycles. The van der Waals surface area contributed by atoms with Gasteiger partial charge in [-0.1, -0.05) is 19.1 Å². The summed E-state index contributed by atoms with van der Waals surface area (Å²) >= 11 is 0. The Morgan fingerprint density at radius 3 is 2.65 bits per heavy atom. The Labute approximate surface area is 118 Å². The van der Waals surface area contributed by atoms with E-state index in [1.165, 1.54) is 0 Å². The fraction of sp³-hybridized carbons (Fsp3) is 0.333. The molecular formula is C15H18N2O3. The lowest BCUT2D eigenvalue weighted by molar-refractivity contribution is 0.112. The fourth-order valence-electron chi connectivity index (χ4n) is 1.88. The van der Waals surface area contributed by atoms with Gasteiger partial charge >= 0.3 is 0 Å². The number of para-hydroxylation sites is 2. The Morgan fingerprint density at radius 2 is 2.00 bits per heavy atom. The number of aromatic nitrogens is 2. The maximum absolute atomic E-state index is 11.1. The Bertz CT molecular complexity index is 605. The van der Waals surface area contributed by atoms with Crippen molar-refractivity contribution in [3.05, 3.63) is 35.5 Å². The molecule has 106 valence electrons. The summed E-state index contributed by atoms with van der Waals surface area (Å²) in [6.07, 6.45) is 1.67. The summed E-state index contributed by atoms with van der Waals surface area (Å²) in [7, 11) is 1.74. The number of rotatable bonds is 6. The average Bonchev–Trinajstić information content (AvgIpc) is 2.71. The van der Waals surface area contributed by atoms with Crippen molar-refractivity contribution in [2.75, 3.05) is 6.61 Å². The lowest BCUT2D eigenvalue weighted by Crippen LogP contribution is -2.00. The van der Waals surface area contributed by atoms with E-state index in [0.717, 1.165) is 12.7 Å². The minimum atomic E-state index is 0.421. The van der Waals surface area contributed by atoms with E-state index in [1.54, 1.807) is 18.7 Å². The minimum absolute atomic E-state index is 0.421. The van der Waals surface area contributed by atoms with Gasteiger partial charge in [-0.05, 0) is 25.5 Å². The smallest absolute Gasteiger partial charge is 0.228 e. The van der Waals surface area contributed by atoms with Crippen LogP contribution in [0.3, 0.4) is 0 Å². The zero-order chi connectivity index (χ0) is 14.5. The van der Waals surface area contributed by atoms with Gasteiger partial charge in [0.25, 0.3) is 0 Å². The average molecular weight is 274 g/mol. The Morgan fingerprint density at radius 1 is 1.30 bits per heavy atom. The SMILES string of the molecule is CCCOc1ccccc1Oc1c(C=O)c(C)nn1C. The molecule has 1 aromatic heterocycles. The molecule has 2 aromatic rings. The summed E-state index contributed by atoms with van der Waals surface area (Å²) in [5.41, 5.74) is 1.10. The molecule has 1 heterocycles. The lowest BCUT2D eigenvalue weighted by atomic mass is 10.3. The molecule has 0 unspecified atom stereocenters. The van der Waals surface area contributed by atoms with Crippen LogP contribution in [0.1, 0.15) is 29.4 Å². The summed E-state index contributed by atoms with van der Waals surface area (Å²) in [6.45, 7) is 4.43. The second-order valence-electron chi connectivity index (χ2n) is 4.44. The van der Waals surface area contributed by atoms with Crippen LogP contribution in [-0.2, 0) is 7.05 Å². The highest BCUT2D eigenvalue weighted by Crippen LogP contribution is 2.33. The fourth-order valence-corrected chi connectivity index (χ4v) is 1.88. The van der Waals surface area contributed by atoms with E-state index in [2.05, 4.69) is 5.10 Å². The van der Waals surface area contributed by atoms with Crippen molar-refractivity contribution in [2.45, 2.75) is 20.3 Å². The summed E-state index contributed by atoms with van der Waals surface area (Å²) in [5, 5.41) is 4.19. The molecule has 0 aliphatic carbocycles. The number of carbonyl (C=O) groups is 1. The highest BCUT2D eigenvalue weighted by Gasteiger charge is 2.16. The van der Waals surface area contributed by atoms with Crippen LogP contribution < -0.4 is 9.47 Å². The van der Waals surface area contributed by atoms with Gasteiger partial charge < -0.3 is 9.47 Å². The number of hydrogen-bond acceptors (Lipinski definition) is 4. The maximum atomic E-state index is 11.1. The first kappa shape index (κ1) is 14.1. The van der Waals surface area contributed by atoms with E-state index in [9.17, 15) is 4.79 Å². The van der Waals surface area contributed by atoms with Crippen molar-refractivity contribution < 1.29 is 14.3 Å². The van der Waals surface area contributed by atoms with E-state index in [1.807, 2.05) is 31.2 Å². The number of hydrogen-bond donors (Lipinski definition) is 0. The molecule has 0 saturated heterocycles. The van der Waals surface area contributed by atoms with E-state index in [0.29, 0.717) is 35.2 Å². The van der Waals surface area contributed by atoms with Gasteiger partial charge in [-0.15, -0.1) is 0 Å². The van der Waals surface area contributed by atoms with Gasteiger partial charge in [-0.3, -0.25) is 4.79 Å². The molecule has 0 N–H and O–H groups in total. The second-order valence-corrected chi connectivity index (χ2v) is 4.44. The topological polar surface area (TPSA) is 53.4 Å². The van der Waals surface area contributed by atoms with Crippen molar-refractivity contribution >= 4 is 6.29 Å². The summed E-state index contributed by atoms with van der Waals surface area (Å²) < 4.78 is 13.0. The van der Waals surface area contributed by atoms with E-state index in [4.69, 9.17) is 9.47 Å². The third kappa shape index (κ3) is 2.82. The van der Waals surface area contributed by atoms with Gasteiger partial charge in [0.1, 0.15) is 0 Å². The van der Waals surface area contributed by atoms with Crippen LogP contribution >= 0.6 is 0 Å². The second kappa shape index (κ2) is 6.23. The zero-order valence-corrected chi connectivity index (χ0v) is 11.9. The zero-order valence-electron chi connectivity index (χ0n) is 11.9. The molecule has 0 amide bonds. The van der Waals surface area contributed by atoms with Gasteiger partial charge in [0.2, 0.25) is 5.88 Å². The first-order valence-corrected chi connectivity index (χ1v) is 6.55. The van der Waals surface area contributed by atoms with Crippen LogP contribution in [-0.4, -0.2) is 22.7 Å². The van der Waals surface area contributed by atoms with Crippen LogP contribution in [0.5, 0.6) is 17.4 Å². The van der Waals surface area contributed by atoms with E-state index >= 15 is 0 Å². The van der Waals surface area contributed by atoms with Gasteiger partial charge in [0, 0.05) is 7.05 Å². The Kier molecular flexibility index (Phi) is 4.40. The predicted molar refractivity (Wildman–Crippen MR) is 75.6 cm³/mol. The van der Waals surface area contributed by atoms with Crippen LogP contribution in [0.4, 0.5) is 0 Å². The van der Waals surface area contributed by atoms with E-state index in [-0.39, 0.29) is 0 Å². The number of aldehydes is 1. The molecule has 0 aliphatic rings. The number of nitrogens with zero attached hydrogens (tertiary/aromatic N) is 2. The van der Waals surface area contributed by atoms with Crippen molar-refractivity contribution in [3.63, 3.8) is 0 Å². The molecule has 5 heteroatoms. The highest BCUT2D eigenvalue weighted by atomic mass is 16.5. The highest BCUT2D eigenvalue weighted by molar-refractivity contribution is 5.80. The van der Waals surface area contributed by atoms with Crippen LogP contribution in [0.2, 0.25) is 0 Å². The normalized spacial score (nSPS) is 10.3. The Balaban J connectivity index is 2.32. The monoisotopic (exact) mass is 274 g/mol. The first-order valence-electron chi connectivity index (χ1n) is 6.55. The lowest BCUT2D eigenvalue weighted by Gasteiger charge is -2.12. The molecule has 20 heavy (non-hydrogen) atoms. The molecule has 0 spiro atoms. The molecular weight excluding hydrogens is 256 g/mol. The molecule has 0 bridgehead atoms. The third-order valence-electron chi connectivity index (χ3n) is 2.85. The molecule has 0 radical (unpaired) electrons. The molecule has 0 aliphatic heterocycles. The molecule has 0 fully saturated rings. The van der Waals surface area contributed by atoms with Gasteiger partial charge in [-0.25, -0.2) is 4.68 Å². The standard InChI is InChI=1S/C15H18N2O3/c1-4-9-19-13-7-5-6-8-14(13)20-15-12(10-18)11(2)16-17(15)3/h5-8,10H,4,9H2,1-3H3. The van der Waals surface area contributed by atoms with Crippen LogP contribution in [0.15, 0.2) is 24.3 Å². The molecule has 2 rings (SSSR count).